The number of ether oxygens (including phenoxy) is 1. The van der Waals surface area contributed by atoms with Crippen molar-refractivity contribution in [1.29, 1.82) is 0 Å². The van der Waals surface area contributed by atoms with Gasteiger partial charge in [0.05, 0.1) is 22.6 Å². The van der Waals surface area contributed by atoms with Gasteiger partial charge in [0, 0.05) is 31.5 Å². The van der Waals surface area contributed by atoms with Gasteiger partial charge < -0.3 is 4.74 Å². The number of thiazole rings is 1. The first kappa shape index (κ1) is 16.9. The SMILES string of the molecule is CO[C@H](C)CS(=O)(=O)N(C)C[C@H]1CCCc2sc(C)nc21. The summed E-state index contributed by atoms with van der Waals surface area (Å²) in [6.07, 6.45) is 2.91. The van der Waals surface area contributed by atoms with E-state index < -0.39 is 10.0 Å². The third-order valence-corrected chi connectivity index (χ3v) is 7.01. The topological polar surface area (TPSA) is 59.5 Å². The second-order valence-electron chi connectivity index (χ2n) is 5.74. The molecule has 0 N–H and O–H groups in total. The Balaban J connectivity index is 2.08. The Morgan fingerprint density at radius 2 is 2.24 bits per heavy atom. The molecule has 0 aliphatic heterocycles. The Labute approximate surface area is 131 Å². The van der Waals surface area contributed by atoms with Crippen molar-refractivity contribution >= 4 is 21.4 Å². The maximum Gasteiger partial charge on any atom is 0.216 e. The van der Waals surface area contributed by atoms with Crippen LogP contribution in [0, 0.1) is 6.92 Å². The predicted octanol–water partition coefficient (Wildman–Crippen LogP) is 2.17. The Morgan fingerprint density at radius 3 is 2.90 bits per heavy atom. The molecule has 2 atom stereocenters. The molecule has 7 heteroatoms. The minimum absolute atomic E-state index is 0.0235. The zero-order valence-electron chi connectivity index (χ0n) is 13.1. The number of rotatable bonds is 6. The number of aryl methyl sites for hydroxylation is 2. The van der Waals surface area contributed by atoms with E-state index in [9.17, 15) is 8.42 Å². The van der Waals surface area contributed by atoms with E-state index in [2.05, 4.69) is 4.98 Å². The van der Waals surface area contributed by atoms with Gasteiger partial charge in [-0.15, -0.1) is 11.3 Å². The van der Waals surface area contributed by atoms with Crippen LogP contribution in [0.25, 0.3) is 0 Å². The third kappa shape index (κ3) is 4.03. The van der Waals surface area contributed by atoms with Gasteiger partial charge in [-0.3, -0.25) is 0 Å². The summed E-state index contributed by atoms with van der Waals surface area (Å²) in [5.41, 5.74) is 1.12. The van der Waals surface area contributed by atoms with Crippen molar-refractivity contribution in [3.05, 3.63) is 15.6 Å². The van der Waals surface area contributed by atoms with Gasteiger partial charge in [-0.05, 0) is 33.1 Å². The summed E-state index contributed by atoms with van der Waals surface area (Å²) in [5.74, 6) is 0.242. The molecule has 120 valence electrons. The van der Waals surface area contributed by atoms with Crippen molar-refractivity contribution in [2.45, 2.75) is 45.1 Å². The molecular weight excluding hydrogens is 308 g/mol. The number of likely N-dealkylation sites (N-methyl/N-ethyl adjacent to an activating group) is 1. The van der Waals surface area contributed by atoms with Crippen LogP contribution in [0.15, 0.2) is 0 Å². The smallest absolute Gasteiger partial charge is 0.216 e. The lowest BCUT2D eigenvalue weighted by Crippen LogP contribution is -2.37. The second kappa shape index (κ2) is 6.73. The van der Waals surface area contributed by atoms with E-state index in [0.717, 1.165) is 30.0 Å². The maximum atomic E-state index is 12.3. The van der Waals surface area contributed by atoms with E-state index in [-0.39, 0.29) is 17.8 Å². The lowest BCUT2D eigenvalue weighted by molar-refractivity contribution is 0.135. The first-order valence-corrected chi connectivity index (χ1v) is 9.69. The van der Waals surface area contributed by atoms with Crippen molar-refractivity contribution in [3.63, 3.8) is 0 Å². The van der Waals surface area contributed by atoms with Crippen LogP contribution in [0.1, 0.15) is 41.3 Å². The van der Waals surface area contributed by atoms with Gasteiger partial charge in [0.2, 0.25) is 10.0 Å². The standard InChI is InChI=1S/C14H24N2O3S2/c1-10(19-4)9-21(17,18)16(3)8-12-6-5-7-13-14(12)15-11(2)20-13/h10,12H,5-9H2,1-4H3/t10-,12-/m1/s1. The molecular formula is C14H24N2O3S2. The average Bonchev–Trinajstić information content (AvgIpc) is 2.79. The van der Waals surface area contributed by atoms with Gasteiger partial charge in [-0.25, -0.2) is 17.7 Å². The molecule has 0 radical (unpaired) electrons. The van der Waals surface area contributed by atoms with Gasteiger partial charge >= 0.3 is 0 Å². The first-order valence-electron chi connectivity index (χ1n) is 7.26. The quantitative estimate of drug-likeness (QED) is 0.801. The number of methoxy groups -OCH3 is 1. The Bertz CT molecular complexity index is 583. The molecule has 1 aromatic rings. The molecule has 5 nitrogen and oxygen atoms in total. The number of aromatic nitrogens is 1. The molecule has 0 saturated heterocycles. The average molecular weight is 332 g/mol. The fourth-order valence-electron chi connectivity index (χ4n) is 2.72. The highest BCUT2D eigenvalue weighted by atomic mass is 32.2. The van der Waals surface area contributed by atoms with Gasteiger partial charge in [-0.1, -0.05) is 0 Å². The summed E-state index contributed by atoms with van der Waals surface area (Å²) >= 11 is 1.74. The van der Waals surface area contributed by atoms with Crippen molar-refractivity contribution in [2.24, 2.45) is 0 Å². The molecule has 0 spiro atoms. The van der Waals surface area contributed by atoms with Crippen LogP contribution in [0.5, 0.6) is 0 Å². The summed E-state index contributed by atoms with van der Waals surface area (Å²) in [7, 11) is -0.0914. The van der Waals surface area contributed by atoms with Crippen LogP contribution in [0.4, 0.5) is 0 Å². The van der Waals surface area contributed by atoms with Crippen LogP contribution in [-0.4, -0.2) is 50.3 Å². The number of fused-ring (bicyclic) bond motifs is 1. The van der Waals surface area contributed by atoms with E-state index in [1.807, 2.05) is 6.92 Å². The lowest BCUT2D eigenvalue weighted by atomic mass is 9.91. The van der Waals surface area contributed by atoms with Crippen LogP contribution >= 0.6 is 11.3 Å². The Hall–Kier alpha value is -0.500. The zero-order chi connectivity index (χ0) is 15.6. The predicted molar refractivity (Wildman–Crippen MR) is 85.4 cm³/mol. The fraction of sp³-hybridized carbons (Fsp3) is 0.786. The van der Waals surface area contributed by atoms with Crippen LogP contribution in [0.2, 0.25) is 0 Å². The highest BCUT2D eigenvalue weighted by molar-refractivity contribution is 7.89. The van der Waals surface area contributed by atoms with E-state index in [4.69, 9.17) is 4.74 Å². The molecule has 0 saturated carbocycles. The molecule has 0 aromatic carbocycles. The van der Waals surface area contributed by atoms with E-state index >= 15 is 0 Å². The van der Waals surface area contributed by atoms with Crippen molar-refractivity contribution in [3.8, 4) is 0 Å². The Morgan fingerprint density at radius 1 is 1.52 bits per heavy atom. The maximum absolute atomic E-state index is 12.3. The summed E-state index contributed by atoms with van der Waals surface area (Å²) in [5, 5.41) is 1.07. The van der Waals surface area contributed by atoms with Crippen molar-refractivity contribution in [2.75, 3.05) is 26.5 Å². The first-order chi connectivity index (χ1) is 9.83. The number of nitrogens with zero attached hydrogens (tertiary/aromatic N) is 2. The molecule has 0 bridgehead atoms. The van der Waals surface area contributed by atoms with Gasteiger partial charge in [0.1, 0.15) is 0 Å². The normalized spacial score (nSPS) is 20.5. The molecule has 1 aliphatic rings. The number of hydrogen-bond acceptors (Lipinski definition) is 5. The van der Waals surface area contributed by atoms with Gasteiger partial charge in [-0.2, -0.15) is 0 Å². The highest BCUT2D eigenvalue weighted by Crippen LogP contribution is 2.35. The summed E-state index contributed by atoms with van der Waals surface area (Å²) < 4.78 is 31.2. The highest BCUT2D eigenvalue weighted by Gasteiger charge is 2.29. The molecule has 2 rings (SSSR count). The molecule has 0 fully saturated rings. The Kier molecular flexibility index (Phi) is 5.40. The third-order valence-electron chi connectivity index (χ3n) is 3.98. The minimum atomic E-state index is -3.28. The molecule has 1 aliphatic carbocycles. The fourth-order valence-corrected chi connectivity index (χ4v) is 5.18. The number of sulfonamides is 1. The molecule has 0 amide bonds. The second-order valence-corrected chi connectivity index (χ2v) is 9.14. The van der Waals surface area contributed by atoms with Crippen LogP contribution < -0.4 is 0 Å². The molecule has 0 unspecified atom stereocenters. The van der Waals surface area contributed by atoms with E-state index in [0.29, 0.717) is 6.54 Å². The largest absolute Gasteiger partial charge is 0.381 e. The van der Waals surface area contributed by atoms with E-state index in [1.165, 1.54) is 16.3 Å². The number of hydrogen-bond donors (Lipinski definition) is 0. The van der Waals surface area contributed by atoms with Crippen molar-refractivity contribution < 1.29 is 13.2 Å². The minimum Gasteiger partial charge on any atom is -0.381 e. The zero-order valence-corrected chi connectivity index (χ0v) is 14.8. The monoisotopic (exact) mass is 332 g/mol. The van der Waals surface area contributed by atoms with E-state index in [1.54, 1.807) is 25.3 Å². The summed E-state index contributed by atoms with van der Waals surface area (Å²) in [6, 6.07) is 0. The van der Waals surface area contributed by atoms with Gasteiger partial charge in [0.15, 0.2) is 0 Å². The van der Waals surface area contributed by atoms with Gasteiger partial charge in [0.25, 0.3) is 0 Å². The molecule has 1 heterocycles. The van der Waals surface area contributed by atoms with Crippen molar-refractivity contribution in [1.82, 2.24) is 9.29 Å². The molecule has 1 aromatic heterocycles. The van der Waals surface area contributed by atoms with Crippen LogP contribution in [-0.2, 0) is 21.2 Å². The lowest BCUT2D eigenvalue weighted by Gasteiger charge is -2.26. The summed E-state index contributed by atoms with van der Waals surface area (Å²) in [4.78, 5) is 5.95. The van der Waals surface area contributed by atoms with Crippen LogP contribution in [0.3, 0.4) is 0 Å². The summed E-state index contributed by atoms with van der Waals surface area (Å²) in [6.45, 7) is 4.30. The molecule has 21 heavy (non-hydrogen) atoms.